The number of aromatic nitrogens is 1. The van der Waals surface area contributed by atoms with E-state index in [-0.39, 0.29) is 0 Å². The number of carboxylic acid groups (broad SMARTS) is 1. The third kappa shape index (κ3) is 4.10. The zero-order valence-corrected chi connectivity index (χ0v) is 15.0. The summed E-state index contributed by atoms with van der Waals surface area (Å²) in [5.74, 6) is 0.712. The van der Waals surface area contributed by atoms with Crippen molar-refractivity contribution in [3.8, 4) is 0 Å². The highest BCUT2D eigenvalue weighted by atomic mass is 16.5. The van der Waals surface area contributed by atoms with Crippen molar-refractivity contribution in [2.24, 2.45) is 5.92 Å². The average Bonchev–Trinajstić information content (AvgIpc) is 2.97. The van der Waals surface area contributed by atoms with Crippen LogP contribution in [0.25, 0.3) is 0 Å². The van der Waals surface area contributed by atoms with Crippen molar-refractivity contribution in [1.29, 1.82) is 0 Å². The van der Waals surface area contributed by atoms with Crippen LogP contribution in [0.3, 0.4) is 0 Å². The summed E-state index contributed by atoms with van der Waals surface area (Å²) in [6.45, 7) is 7.07. The summed E-state index contributed by atoms with van der Waals surface area (Å²) < 4.78 is 5.39. The van der Waals surface area contributed by atoms with Gasteiger partial charge in [-0.25, -0.2) is 4.79 Å². The number of piperidine rings is 1. The fourth-order valence-electron chi connectivity index (χ4n) is 3.71. The zero-order valence-electron chi connectivity index (χ0n) is 15.0. The molecule has 25 heavy (non-hydrogen) atoms. The van der Waals surface area contributed by atoms with Crippen molar-refractivity contribution >= 4 is 5.97 Å². The first-order chi connectivity index (χ1) is 12.1. The van der Waals surface area contributed by atoms with Gasteiger partial charge >= 0.3 is 5.97 Å². The molecule has 5 heteroatoms. The number of aromatic carboxylic acids is 1. The van der Waals surface area contributed by atoms with Crippen molar-refractivity contribution in [1.82, 2.24) is 10.1 Å². The third-order valence-electron chi connectivity index (χ3n) is 5.23. The number of likely N-dealkylation sites (tertiary alicyclic amines) is 1. The topological polar surface area (TPSA) is 66.6 Å². The highest BCUT2D eigenvalue weighted by Crippen LogP contribution is 2.25. The van der Waals surface area contributed by atoms with Gasteiger partial charge in [0.25, 0.3) is 0 Å². The van der Waals surface area contributed by atoms with Gasteiger partial charge in [0.1, 0.15) is 5.76 Å². The van der Waals surface area contributed by atoms with Gasteiger partial charge in [0.15, 0.2) is 0 Å². The third-order valence-corrected chi connectivity index (χ3v) is 5.23. The van der Waals surface area contributed by atoms with Crippen LogP contribution in [0.2, 0.25) is 0 Å². The molecule has 1 fully saturated rings. The smallest absolute Gasteiger partial charge is 0.335 e. The molecule has 3 rings (SSSR count). The van der Waals surface area contributed by atoms with Gasteiger partial charge in [-0.3, -0.25) is 4.90 Å². The molecule has 0 atom stereocenters. The van der Waals surface area contributed by atoms with Crippen LogP contribution in [-0.2, 0) is 19.4 Å². The van der Waals surface area contributed by atoms with E-state index in [0.717, 1.165) is 62.3 Å². The van der Waals surface area contributed by atoms with E-state index in [9.17, 15) is 9.90 Å². The van der Waals surface area contributed by atoms with Gasteiger partial charge in [0, 0.05) is 18.5 Å². The summed E-state index contributed by atoms with van der Waals surface area (Å²) in [6, 6.07) is 7.37. The Morgan fingerprint density at radius 1 is 1.32 bits per heavy atom. The summed E-state index contributed by atoms with van der Waals surface area (Å²) in [4.78, 5) is 13.8. The highest BCUT2D eigenvalue weighted by Gasteiger charge is 2.23. The predicted molar refractivity (Wildman–Crippen MR) is 95.7 cm³/mol. The number of aryl methyl sites for hydroxylation is 2. The summed E-state index contributed by atoms with van der Waals surface area (Å²) in [6.07, 6.45) is 3.92. The number of benzene rings is 1. The largest absolute Gasteiger partial charge is 0.478 e. The monoisotopic (exact) mass is 342 g/mol. The van der Waals surface area contributed by atoms with E-state index in [1.54, 1.807) is 12.1 Å². The van der Waals surface area contributed by atoms with E-state index in [1.165, 1.54) is 5.56 Å². The van der Waals surface area contributed by atoms with Crippen molar-refractivity contribution in [2.45, 2.75) is 46.1 Å². The second-order valence-electron chi connectivity index (χ2n) is 6.91. The van der Waals surface area contributed by atoms with Gasteiger partial charge in [0.05, 0.1) is 11.3 Å². The first kappa shape index (κ1) is 17.7. The van der Waals surface area contributed by atoms with Gasteiger partial charge in [-0.2, -0.15) is 0 Å². The van der Waals surface area contributed by atoms with Crippen LogP contribution in [0.15, 0.2) is 28.8 Å². The predicted octanol–water partition coefficient (Wildman–Crippen LogP) is 3.70. The molecule has 1 aliphatic rings. The molecule has 0 unspecified atom stereocenters. The van der Waals surface area contributed by atoms with Crippen LogP contribution >= 0.6 is 0 Å². The van der Waals surface area contributed by atoms with Crippen molar-refractivity contribution in [3.05, 3.63) is 52.4 Å². The minimum Gasteiger partial charge on any atom is -0.478 e. The minimum atomic E-state index is -0.830. The number of carboxylic acids is 1. The second kappa shape index (κ2) is 7.83. The van der Waals surface area contributed by atoms with Gasteiger partial charge < -0.3 is 9.63 Å². The molecule has 1 saturated heterocycles. The first-order valence-corrected chi connectivity index (χ1v) is 9.06. The molecule has 1 aromatic carbocycles. The quantitative estimate of drug-likeness (QED) is 0.867. The van der Waals surface area contributed by atoms with Crippen LogP contribution in [0.5, 0.6) is 0 Å². The molecule has 0 bridgehead atoms. The maximum absolute atomic E-state index is 11.4. The van der Waals surface area contributed by atoms with E-state index >= 15 is 0 Å². The molecule has 0 aliphatic carbocycles. The summed E-state index contributed by atoms with van der Waals surface area (Å²) in [5, 5.41) is 13.4. The van der Waals surface area contributed by atoms with Crippen molar-refractivity contribution in [2.75, 3.05) is 13.1 Å². The van der Waals surface area contributed by atoms with Crippen LogP contribution in [-0.4, -0.2) is 34.2 Å². The van der Waals surface area contributed by atoms with Gasteiger partial charge in [-0.1, -0.05) is 30.3 Å². The molecule has 134 valence electrons. The summed E-state index contributed by atoms with van der Waals surface area (Å²) >= 11 is 0. The Balaban J connectivity index is 1.57. The normalized spacial score (nSPS) is 16.2. The number of rotatable bonds is 6. The number of hydrogen-bond donors (Lipinski definition) is 1. The fraction of sp³-hybridized carbons (Fsp3) is 0.500. The molecule has 1 N–H and O–H groups in total. The lowest BCUT2D eigenvalue weighted by atomic mass is 9.88. The lowest BCUT2D eigenvalue weighted by Crippen LogP contribution is -2.34. The summed E-state index contributed by atoms with van der Waals surface area (Å²) in [7, 11) is 0. The number of carbonyl (C=O) groups is 1. The Bertz CT molecular complexity index is 730. The molecular formula is C20H26N2O3. The SMILES string of the molecule is CCc1onc(C)c1CN1CCC(Cc2ccccc2C(=O)O)CC1. The van der Waals surface area contributed by atoms with Crippen molar-refractivity contribution < 1.29 is 14.4 Å². The highest BCUT2D eigenvalue weighted by molar-refractivity contribution is 5.89. The Labute approximate surface area is 148 Å². The van der Waals surface area contributed by atoms with E-state index in [0.29, 0.717) is 11.5 Å². The van der Waals surface area contributed by atoms with Crippen LogP contribution in [0.1, 0.15) is 52.7 Å². The van der Waals surface area contributed by atoms with Gasteiger partial charge in [-0.15, -0.1) is 0 Å². The summed E-state index contributed by atoms with van der Waals surface area (Å²) in [5.41, 5.74) is 3.63. The average molecular weight is 342 g/mol. The molecule has 0 amide bonds. The van der Waals surface area contributed by atoms with Crippen molar-refractivity contribution in [3.63, 3.8) is 0 Å². The molecule has 1 aliphatic heterocycles. The lowest BCUT2D eigenvalue weighted by molar-refractivity contribution is 0.0695. The van der Waals surface area contributed by atoms with Crippen LogP contribution in [0.4, 0.5) is 0 Å². The van der Waals surface area contributed by atoms with E-state index in [4.69, 9.17) is 4.52 Å². The Morgan fingerprint density at radius 3 is 2.72 bits per heavy atom. The molecule has 0 saturated carbocycles. The van der Waals surface area contributed by atoms with Crippen LogP contribution in [0, 0.1) is 12.8 Å². The van der Waals surface area contributed by atoms with Gasteiger partial charge in [0.2, 0.25) is 0 Å². The van der Waals surface area contributed by atoms with E-state index in [1.807, 2.05) is 19.1 Å². The maximum atomic E-state index is 11.4. The first-order valence-electron chi connectivity index (χ1n) is 9.06. The maximum Gasteiger partial charge on any atom is 0.335 e. The molecular weight excluding hydrogens is 316 g/mol. The molecule has 2 aromatic rings. The standard InChI is InChI=1S/C20H26N2O3/c1-3-19-18(14(2)21-25-19)13-22-10-8-15(9-11-22)12-16-6-4-5-7-17(16)20(23)24/h4-7,15H,3,8-13H2,1-2H3,(H,23,24). The van der Waals surface area contributed by atoms with Crippen LogP contribution < -0.4 is 0 Å². The zero-order chi connectivity index (χ0) is 17.8. The fourth-order valence-corrected chi connectivity index (χ4v) is 3.71. The molecule has 5 nitrogen and oxygen atoms in total. The second-order valence-corrected chi connectivity index (χ2v) is 6.91. The van der Waals surface area contributed by atoms with E-state index in [2.05, 4.69) is 17.0 Å². The molecule has 1 aromatic heterocycles. The minimum absolute atomic E-state index is 0.442. The number of nitrogens with zero attached hydrogens (tertiary/aromatic N) is 2. The number of hydrogen-bond acceptors (Lipinski definition) is 4. The van der Waals surface area contributed by atoms with Gasteiger partial charge in [-0.05, 0) is 56.8 Å². The Hall–Kier alpha value is -2.14. The molecule has 0 radical (unpaired) electrons. The Kier molecular flexibility index (Phi) is 5.53. The Morgan fingerprint density at radius 2 is 2.04 bits per heavy atom. The lowest BCUT2D eigenvalue weighted by Gasteiger charge is -2.32. The molecule has 0 spiro atoms. The van der Waals surface area contributed by atoms with E-state index < -0.39 is 5.97 Å². The molecule has 2 heterocycles.